The number of sulfonamides is 1. The van der Waals surface area contributed by atoms with E-state index in [1.165, 1.54) is 32.5 Å². The molecule has 11 nitrogen and oxygen atoms in total. The molecular weight excluding hydrogens is 537 g/mol. The molecule has 5 heterocycles. The van der Waals surface area contributed by atoms with Crippen LogP contribution in [0.5, 0.6) is 0 Å². The molecule has 3 aromatic rings. The Labute approximate surface area is 232 Å². The number of alkyl halides is 1. The van der Waals surface area contributed by atoms with Crippen LogP contribution in [0.4, 0.5) is 10.1 Å². The third-order valence-corrected chi connectivity index (χ3v) is 9.10. The van der Waals surface area contributed by atoms with Crippen molar-refractivity contribution in [1.82, 2.24) is 24.2 Å². The Bertz CT molecular complexity index is 1590. The lowest BCUT2D eigenvalue weighted by Gasteiger charge is -2.48. The molecule has 0 aromatic carbocycles. The number of amides is 1. The van der Waals surface area contributed by atoms with Crippen LogP contribution in [0.1, 0.15) is 49.0 Å². The molecule has 2 saturated heterocycles. The van der Waals surface area contributed by atoms with E-state index in [1.807, 2.05) is 12.1 Å². The zero-order valence-corrected chi connectivity index (χ0v) is 23.3. The van der Waals surface area contributed by atoms with Crippen LogP contribution >= 0.6 is 0 Å². The van der Waals surface area contributed by atoms with Gasteiger partial charge in [-0.05, 0) is 63.3 Å². The van der Waals surface area contributed by atoms with Gasteiger partial charge >= 0.3 is 0 Å². The Hall–Kier alpha value is -3.60. The zero-order chi connectivity index (χ0) is 28.8. The molecule has 2 aliphatic heterocycles. The molecular formula is C27H32FN7O4S. The number of aromatic nitrogens is 3. The maximum Gasteiger partial charge on any atom is 0.255 e. The second kappa shape index (κ2) is 10.4. The number of hydrogen-bond donors (Lipinski definition) is 3. The van der Waals surface area contributed by atoms with Gasteiger partial charge < -0.3 is 15.7 Å². The van der Waals surface area contributed by atoms with Crippen LogP contribution in [0.15, 0.2) is 36.7 Å². The van der Waals surface area contributed by atoms with Gasteiger partial charge in [0.15, 0.2) is 0 Å². The molecule has 3 aliphatic rings. The fourth-order valence-electron chi connectivity index (χ4n) is 5.53. The standard InChI is InChI=1S/C27H32FN7O4S/c1-27(2,37)25(28)14-31-26(36)20-13-30-23(24-7-6-19-8-16(11-29)12-32-35(19)24)10-22(20)33-21-9-18-5-4-17(21)15-34(18)40(3,38)39/h6-8,10,12-13,17-18,21,25,37H,4-5,9,14-15H2,1-3H3,(H,30,33)(H,31,36)/t17?,18?,21-,25+/m0/s1. The third-order valence-electron chi connectivity index (χ3n) is 7.80. The van der Waals surface area contributed by atoms with E-state index in [1.54, 1.807) is 21.0 Å². The highest BCUT2D eigenvalue weighted by Crippen LogP contribution is 2.39. The van der Waals surface area contributed by atoms with Crippen molar-refractivity contribution in [2.24, 2.45) is 5.92 Å². The minimum atomic E-state index is -3.32. The molecule has 40 heavy (non-hydrogen) atoms. The molecule has 1 aliphatic carbocycles. The Morgan fingerprint density at radius 3 is 2.73 bits per heavy atom. The predicted octanol–water partition coefficient (Wildman–Crippen LogP) is 2.33. The maximum atomic E-state index is 14.4. The fraction of sp³-hybridized carbons (Fsp3) is 0.481. The lowest BCUT2D eigenvalue weighted by atomic mass is 9.77. The van der Waals surface area contributed by atoms with E-state index in [4.69, 9.17) is 0 Å². The number of anilines is 1. The van der Waals surface area contributed by atoms with E-state index in [-0.39, 0.29) is 30.1 Å². The summed E-state index contributed by atoms with van der Waals surface area (Å²) in [7, 11) is -3.32. The van der Waals surface area contributed by atoms with Crippen LogP contribution in [-0.4, -0.2) is 81.5 Å². The number of hydrogen-bond acceptors (Lipinski definition) is 8. The Balaban J connectivity index is 1.47. The molecule has 1 saturated carbocycles. The summed E-state index contributed by atoms with van der Waals surface area (Å²) in [6, 6.07) is 8.94. The number of fused-ring (bicyclic) bond motifs is 4. The SMILES string of the molecule is CC(C)(O)[C@H](F)CNC(=O)c1cnc(-c2ccc3cc(C#N)cnn23)cc1N[C@H]1CC2CCC1CN2S(C)(=O)=O. The van der Waals surface area contributed by atoms with Crippen molar-refractivity contribution in [1.29, 1.82) is 5.26 Å². The highest BCUT2D eigenvalue weighted by molar-refractivity contribution is 7.88. The normalized spacial score (nSPS) is 22.1. The van der Waals surface area contributed by atoms with E-state index in [9.17, 15) is 28.0 Å². The molecule has 4 atom stereocenters. The summed E-state index contributed by atoms with van der Waals surface area (Å²) in [5.41, 5.74) is 1.37. The minimum absolute atomic E-state index is 0.0536. The largest absolute Gasteiger partial charge is 0.387 e. The Kier molecular flexibility index (Phi) is 7.28. The van der Waals surface area contributed by atoms with Crippen LogP contribution < -0.4 is 10.6 Å². The van der Waals surface area contributed by atoms with Crippen molar-refractivity contribution in [2.45, 2.75) is 57.0 Å². The Morgan fingerprint density at radius 1 is 1.30 bits per heavy atom. The number of nitrogens with zero attached hydrogens (tertiary/aromatic N) is 5. The highest BCUT2D eigenvalue weighted by Gasteiger charge is 2.44. The highest BCUT2D eigenvalue weighted by atomic mass is 32.2. The number of rotatable bonds is 8. The number of carbonyl (C=O) groups excluding carboxylic acids is 1. The molecule has 3 aromatic heterocycles. The lowest BCUT2D eigenvalue weighted by Crippen LogP contribution is -2.57. The van der Waals surface area contributed by atoms with Gasteiger partial charge in [0.2, 0.25) is 10.0 Å². The van der Waals surface area contributed by atoms with E-state index >= 15 is 0 Å². The summed E-state index contributed by atoms with van der Waals surface area (Å²) in [4.78, 5) is 17.7. The van der Waals surface area contributed by atoms with Gasteiger partial charge in [0.05, 0.1) is 58.3 Å². The van der Waals surface area contributed by atoms with Crippen molar-refractivity contribution in [3.63, 3.8) is 0 Å². The van der Waals surface area contributed by atoms with E-state index in [2.05, 4.69) is 26.8 Å². The lowest BCUT2D eigenvalue weighted by molar-refractivity contribution is -0.00177. The first-order valence-corrected chi connectivity index (χ1v) is 15.0. The van der Waals surface area contributed by atoms with Crippen LogP contribution in [0.2, 0.25) is 0 Å². The first kappa shape index (κ1) is 27.9. The van der Waals surface area contributed by atoms with Crippen LogP contribution in [0, 0.1) is 17.2 Å². The molecule has 13 heteroatoms. The van der Waals surface area contributed by atoms with Crippen molar-refractivity contribution in [2.75, 3.05) is 24.7 Å². The number of nitriles is 1. The number of halogens is 1. The van der Waals surface area contributed by atoms with Gasteiger partial charge in [0.1, 0.15) is 12.2 Å². The summed E-state index contributed by atoms with van der Waals surface area (Å²) >= 11 is 0. The molecule has 6 rings (SSSR count). The van der Waals surface area contributed by atoms with Gasteiger partial charge in [-0.3, -0.25) is 9.78 Å². The molecule has 0 spiro atoms. The predicted molar refractivity (Wildman–Crippen MR) is 147 cm³/mol. The number of aliphatic hydroxyl groups is 1. The summed E-state index contributed by atoms with van der Waals surface area (Å²) in [5.74, 6) is -0.498. The first-order chi connectivity index (χ1) is 18.8. The summed E-state index contributed by atoms with van der Waals surface area (Å²) < 4.78 is 42.1. The minimum Gasteiger partial charge on any atom is -0.387 e. The summed E-state index contributed by atoms with van der Waals surface area (Å²) in [6.07, 6.45) is 4.66. The van der Waals surface area contributed by atoms with E-state index in [0.717, 1.165) is 12.8 Å². The van der Waals surface area contributed by atoms with Crippen LogP contribution in [-0.2, 0) is 10.0 Å². The Morgan fingerprint density at radius 2 is 2.08 bits per heavy atom. The van der Waals surface area contributed by atoms with Crippen molar-refractivity contribution in [3.8, 4) is 17.5 Å². The second-order valence-electron chi connectivity index (χ2n) is 11.2. The fourth-order valence-corrected chi connectivity index (χ4v) is 6.73. The van der Waals surface area contributed by atoms with Crippen LogP contribution in [0.3, 0.4) is 0 Å². The number of carbonyl (C=O) groups is 1. The average Bonchev–Trinajstić information content (AvgIpc) is 3.34. The quantitative estimate of drug-likeness (QED) is 0.374. The molecule has 2 bridgehead atoms. The monoisotopic (exact) mass is 569 g/mol. The molecule has 3 N–H and O–H groups in total. The number of pyridine rings is 1. The summed E-state index contributed by atoms with van der Waals surface area (Å²) in [5, 5.41) is 29.5. The number of piperidine rings is 2. The first-order valence-electron chi connectivity index (χ1n) is 13.1. The molecule has 212 valence electrons. The average molecular weight is 570 g/mol. The van der Waals surface area contributed by atoms with Gasteiger partial charge in [-0.2, -0.15) is 14.7 Å². The number of nitrogens with one attached hydrogen (secondary N) is 2. The second-order valence-corrected chi connectivity index (χ2v) is 13.1. The molecule has 1 amide bonds. The third kappa shape index (κ3) is 5.52. The van der Waals surface area contributed by atoms with Gasteiger partial charge in [-0.15, -0.1) is 0 Å². The molecule has 3 fully saturated rings. The maximum absolute atomic E-state index is 14.4. The van der Waals surface area contributed by atoms with Gasteiger partial charge in [0.25, 0.3) is 5.91 Å². The van der Waals surface area contributed by atoms with Gasteiger partial charge in [-0.25, -0.2) is 17.3 Å². The molecule has 2 unspecified atom stereocenters. The van der Waals surface area contributed by atoms with Crippen LogP contribution in [0.25, 0.3) is 16.9 Å². The van der Waals surface area contributed by atoms with Crippen molar-refractivity contribution in [3.05, 3.63) is 47.8 Å². The zero-order valence-electron chi connectivity index (χ0n) is 22.5. The van der Waals surface area contributed by atoms with Crippen molar-refractivity contribution < 1.29 is 22.7 Å². The summed E-state index contributed by atoms with van der Waals surface area (Å²) in [6.45, 7) is 2.70. The van der Waals surface area contributed by atoms with Gasteiger partial charge in [0, 0.05) is 24.8 Å². The molecule has 0 radical (unpaired) electrons. The van der Waals surface area contributed by atoms with Crippen molar-refractivity contribution >= 4 is 27.1 Å². The van der Waals surface area contributed by atoms with E-state index in [0.29, 0.717) is 41.1 Å². The topological polar surface area (TPSA) is 153 Å². The van der Waals surface area contributed by atoms with E-state index < -0.39 is 27.7 Å². The smallest absolute Gasteiger partial charge is 0.255 e. The van der Waals surface area contributed by atoms with Gasteiger partial charge in [-0.1, -0.05) is 0 Å².